The molecule has 0 aliphatic carbocycles. The first kappa shape index (κ1) is 13.8. The van der Waals surface area contributed by atoms with Crippen LogP contribution in [0.1, 0.15) is 30.5 Å². The minimum absolute atomic E-state index is 0.0761. The van der Waals surface area contributed by atoms with Crippen LogP contribution in [0.4, 0.5) is 11.4 Å². The van der Waals surface area contributed by atoms with Crippen LogP contribution in [0.25, 0.3) is 0 Å². The average Bonchev–Trinajstić information content (AvgIpc) is 2.22. The lowest BCUT2D eigenvalue weighted by atomic mass is 9.97. The molecule has 0 aromatic heterocycles. The molecule has 96 valence electrons. The van der Waals surface area contributed by atoms with Gasteiger partial charge >= 0.3 is 0 Å². The van der Waals surface area contributed by atoms with Gasteiger partial charge in [-0.1, -0.05) is 13.8 Å². The van der Waals surface area contributed by atoms with Crippen molar-refractivity contribution in [2.24, 2.45) is 5.14 Å². The molecule has 5 nitrogen and oxygen atoms in total. The molecule has 0 saturated heterocycles. The molecule has 0 spiro atoms. The van der Waals surface area contributed by atoms with E-state index in [1.54, 1.807) is 6.92 Å². The predicted octanol–water partition coefficient (Wildman–Crippen LogP) is 0.932. The zero-order chi connectivity index (χ0) is 13.4. The van der Waals surface area contributed by atoms with Crippen molar-refractivity contribution >= 4 is 21.4 Å². The lowest BCUT2D eigenvalue weighted by molar-refractivity contribution is 0.596. The monoisotopic (exact) mass is 257 g/mol. The standard InChI is InChI=1S/C11H19N3O2S/c1-4-7-9(12)6(3)11(17(14,15)16)8(5-2)10(7)13/h4-5,12-13H2,1-3H3,(H2,14,15,16). The molecular formula is C11H19N3O2S. The zero-order valence-corrected chi connectivity index (χ0v) is 11.2. The first-order valence-electron chi connectivity index (χ1n) is 5.47. The van der Waals surface area contributed by atoms with Gasteiger partial charge < -0.3 is 11.5 Å². The molecule has 0 aliphatic rings. The Hall–Kier alpha value is -1.27. The molecule has 0 amide bonds. The third-order valence-corrected chi connectivity index (χ3v) is 4.11. The van der Waals surface area contributed by atoms with E-state index in [0.717, 1.165) is 5.56 Å². The summed E-state index contributed by atoms with van der Waals surface area (Å²) in [7, 11) is -3.81. The van der Waals surface area contributed by atoms with Gasteiger partial charge in [0.2, 0.25) is 10.0 Å². The van der Waals surface area contributed by atoms with Gasteiger partial charge in [0.1, 0.15) is 0 Å². The van der Waals surface area contributed by atoms with Gasteiger partial charge in [-0.3, -0.25) is 0 Å². The van der Waals surface area contributed by atoms with Gasteiger partial charge in [0.05, 0.1) is 4.90 Å². The number of nitrogens with two attached hydrogens (primary N) is 3. The van der Waals surface area contributed by atoms with Crippen molar-refractivity contribution in [3.8, 4) is 0 Å². The van der Waals surface area contributed by atoms with E-state index in [2.05, 4.69) is 0 Å². The number of benzene rings is 1. The fourth-order valence-electron chi connectivity index (χ4n) is 2.14. The number of hydrogen-bond donors (Lipinski definition) is 3. The molecule has 0 heterocycles. The van der Waals surface area contributed by atoms with E-state index in [1.807, 2.05) is 13.8 Å². The van der Waals surface area contributed by atoms with Crippen LogP contribution in [0.2, 0.25) is 0 Å². The lowest BCUT2D eigenvalue weighted by Crippen LogP contribution is -2.19. The van der Waals surface area contributed by atoms with Crippen molar-refractivity contribution in [2.45, 2.75) is 38.5 Å². The van der Waals surface area contributed by atoms with Crippen molar-refractivity contribution in [3.05, 3.63) is 16.7 Å². The van der Waals surface area contributed by atoms with Gasteiger partial charge in [-0.25, -0.2) is 13.6 Å². The van der Waals surface area contributed by atoms with Crippen LogP contribution in [-0.2, 0) is 22.9 Å². The third-order valence-electron chi connectivity index (χ3n) is 2.99. The summed E-state index contributed by atoms with van der Waals surface area (Å²) in [6.07, 6.45) is 1.17. The Bertz CT molecular complexity index is 551. The number of sulfonamides is 1. The minimum atomic E-state index is -3.81. The summed E-state index contributed by atoms with van der Waals surface area (Å²) < 4.78 is 23.2. The van der Waals surface area contributed by atoms with Gasteiger partial charge in [0, 0.05) is 11.4 Å². The van der Waals surface area contributed by atoms with Gasteiger partial charge in [-0.15, -0.1) is 0 Å². The Morgan fingerprint density at radius 2 is 1.47 bits per heavy atom. The van der Waals surface area contributed by atoms with E-state index in [9.17, 15) is 8.42 Å². The smallest absolute Gasteiger partial charge is 0.238 e. The molecule has 0 bridgehead atoms. The van der Waals surface area contributed by atoms with Gasteiger partial charge in [0.25, 0.3) is 0 Å². The van der Waals surface area contributed by atoms with E-state index in [0.29, 0.717) is 35.3 Å². The molecular weight excluding hydrogens is 238 g/mol. The Labute approximate surface area is 102 Å². The molecule has 6 N–H and O–H groups in total. The molecule has 0 unspecified atom stereocenters. The van der Waals surface area contributed by atoms with Gasteiger partial charge in [-0.05, 0) is 36.5 Å². The van der Waals surface area contributed by atoms with Crippen LogP contribution in [0, 0.1) is 6.92 Å². The second kappa shape index (κ2) is 4.54. The zero-order valence-electron chi connectivity index (χ0n) is 10.4. The molecule has 1 rings (SSSR count). The average molecular weight is 257 g/mol. The second-order valence-electron chi connectivity index (χ2n) is 3.99. The quantitative estimate of drug-likeness (QED) is 0.699. The lowest BCUT2D eigenvalue weighted by Gasteiger charge is -2.19. The summed E-state index contributed by atoms with van der Waals surface area (Å²) in [4.78, 5) is 0.0761. The van der Waals surface area contributed by atoms with Crippen LogP contribution >= 0.6 is 0 Å². The molecule has 17 heavy (non-hydrogen) atoms. The van der Waals surface area contributed by atoms with Crippen LogP contribution in [-0.4, -0.2) is 8.42 Å². The fourth-order valence-corrected chi connectivity index (χ4v) is 3.28. The first-order chi connectivity index (χ1) is 7.75. The van der Waals surface area contributed by atoms with E-state index >= 15 is 0 Å². The molecule has 0 aliphatic heterocycles. The Balaban J connectivity index is 3.86. The Morgan fingerprint density at radius 3 is 1.82 bits per heavy atom. The number of primary sulfonamides is 1. The number of hydrogen-bond acceptors (Lipinski definition) is 4. The van der Waals surface area contributed by atoms with Crippen molar-refractivity contribution < 1.29 is 8.42 Å². The summed E-state index contributed by atoms with van der Waals surface area (Å²) in [5.41, 5.74) is 14.6. The first-order valence-corrected chi connectivity index (χ1v) is 7.02. The number of nitrogen functional groups attached to an aromatic ring is 2. The summed E-state index contributed by atoms with van der Waals surface area (Å²) >= 11 is 0. The van der Waals surface area contributed by atoms with Crippen LogP contribution in [0.15, 0.2) is 4.90 Å². The maximum absolute atomic E-state index is 11.6. The third kappa shape index (κ3) is 2.23. The minimum Gasteiger partial charge on any atom is -0.398 e. The van der Waals surface area contributed by atoms with Crippen LogP contribution in [0.3, 0.4) is 0 Å². The highest BCUT2D eigenvalue weighted by Gasteiger charge is 2.23. The molecule has 0 saturated carbocycles. The molecule has 0 atom stereocenters. The Morgan fingerprint density at radius 1 is 1.00 bits per heavy atom. The molecule has 1 aromatic rings. The van der Waals surface area contributed by atoms with Crippen molar-refractivity contribution in [2.75, 3.05) is 11.5 Å². The topological polar surface area (TPSA) is 112 Å². The van der Waals surface area contributed by atoms with E-state index in [-0.39, 0.29) is 4.90 Å². The summed E-state index contributed by atoms with van der Waals surface area (Å²) in [6.45, 7) is 5.43. The highest BCUT2D eigenvalue weighted by atomic mass is 32.2. The van der Waals surface area contributed by atoms with Crippen molar-refractivity contribution in [1.82, 2.24) is 0 Å². The molecule has 6 heteroatoms. The highest BCUT2D eigenvalue weighted by molar-refractivity contribution is 7.89. The van der Waals surface area contributed by atoms with Crippen LogP contribution < -0.4 is 16.6 Å². The van der Waals surface area contributed by atoms with Crippen LogP contribution in [0.5, 0.6) is 0 Å². The Kier molecular flexibility index (Phi) is 3.68. The van der Waals surface area contributed by atoms with E-state index in [4.69, 9.17) is 16.6 Å². The van der Waals surface area contributed by atoms with Gasteiger partial charge in [-0.2, -0.15) is 0 Å². The molecule has 0 fully saturated rings. The maximum Gasteiger partial charge on any atom is 0.238 e. The number of anilines is 2. The maximum atomic E-state index is 11.6. The summed E-state index contributed by atoms with van der Waals surface area (Å²) in [5.74, 6) is 0. The van der Waals surface area contributed by atoms with E-state index < -0.39 is 10.0 Å². The molecule has 0 radical (unpaired) electrons. The summed E-state index contributed by atoms with van der Waals surface area (Å²) in [5, 5.41) is 5.22. The predicted molar refractivity (Wildman–Crippen MR) is 70.1 cm³/mol. The fraction of sp³-hybridized carbons (Fsp3) is 0.455. The largest absolute Gasteiger partial charge is 0.398 e. The second-order valence-corrected chi connectivity index (χ2v) is 5.49. The highest BCUT2D eigenvalue weighted by Crippen LogP contribution is 2.34. The summed E-state index contributed by atoms with van der Waals surface area (Å²) in [6, 6.07) is 0. The van der Waals surface area contributed by atoms with Crippen molar-refractivity contribution in [3.63, 3.8) is 0 Å². The SMILES string of the molecule is CCc1c(N)c(C)c(S(N)(=O)=O)c(CC)c1N. The van der Waals surface area contributed by atoms with Crippen molar-refractivity contribution in [1.29, 1.82) is 0 Å². The van der Waals surface area contributed by atoms with E-state index in [1.165, 1.54) is 0 Å². The molecule has 1 aromatic carbocycles. The van der Waals surface area contributed by atoms with Gasteiger partial charge in [0.15, 0.2) is 0 Å². The number of rotatable bonds is 3. The normalized spacial score (nSPS) is 11.8.